The minimum Gasteiger partial charge on any atom is -0.311 e. The van der Waals surface area contributed by atoms with E-state index in [2.05, 4.69) is 16.3 Å². The Labute approximate surface area is 168 Å². The standard InChI is InChI=1S/C22H23F2N3O2/c23-22(24)8-10-26(11-9-22)13-17-2-1-3-19(12-17)18-6-4-16(5-7-18)14-27-15-20(28)25-21(27)29/h1-7,12H,8-11,13-15H2,(H,25,28,29). The maximum Gasteiger partial charge on any atom is 0.324 e. The second-order valence-corrected chi connectivity index (χ2v) is 7.74. The second kappa shape index (κ2) is 7.91. The Hall–Kier alpha value is -2.80. The maximum absolute atomic E-state index is 13.3. The molecule has 2 fully saturated rings. The summed E-state index contributed by atoms with van der Waals surface area (Å²) in [4.78, 5) is 26.5. The van der Waals surface area contributed by atoms with Crippen LogP contribution in [0.4, 0.5) is 13.6 Å². The lowest BCUT2D eigenvalue weighted by atomic mass is 10.0. The Morgan fingerprint density at radius 2 is 1.62 bits per heavy atom. The number of rotatable bonds is 5. The highest BCUT2D eigenvalue weighted by Crippen LogP contribution is 2.29. The Kier molecular flexibility index (Phi) is 5.32. The minimum absolute atomic E-state index is 0.0746. The van der Waals surface area contributed by atoms with E-state index in [0.717, 1.165) is 22.3 Å². The first-order chi connectivity index (χ1) is 13.9. The van der Waals surface area contributed by atoms with Gasteiger partial charge in [0.2, 0.25) is 5.91 Å². The van der Waals surface area contributed by atoms with Crippen LogP contribution in [0.3, 0.4) is 0 Å². The summed E-state index contributed by atoms with van der Waals surface area (Å²) in [6, 6.07) is 15.6. The van der Waals surface area contributed by atoms with Crippen molar-refractivity contribution in [2.45, 2.75) is 31.9 Å². The number of nitrogens with one attached hydrogen (secondary N) is 1. The van der Waals surface area contributed by atoms with E-state index in [1.165, 1.54) is 4.90 Å². The summed E-state index contributed by atoms with van der Waals surface area (Å²) in [6.45, 7) is 1.97. The van der Waals surface area contributed by atoms with Crippen LogP contribution in [0, 0.1) is 0 Å². The van der Waals surface area contributed by atoms with Crippen LogP contribution >= 0.6 is 0 Å². The van der Waals surface area contributed by atoms with Crippen LogP contribution in [-0.2, 0) is 17.9 Å². The number of amides is 3. The fraction of sp³-hybridized carbons (Fsp3) is 0.364. The molecule has 29 heavy (non-hydrogen) atoms. The number of benzene rings is 2. The molecule has 0 bridgehead atoms. The molecule has 1 N–H and O–H groups in total. The molecule has 2 saturated heterocycles. The normalized spacial score (nSPS) is 19.4. The smallest absolute Gasteiger partial charge is 0.311 e. The van der Waals surface area contributed by atoms with Crippen LogP contribution in [0.5, 0.6) is 0 Å². The van der Waals surface area contributed by atoms with E-state index in [-0.39, 0.29) is 31.3 Å². The van der Waals surface area contributed by atoms with Crippen LogP contribution in [0.15, 0.2) is 48.5 Å². The number of urea groups is 1. The number of hydrogen-bond acceptors (Lipinski definition) is 3. The van der Waals surface area contributed by atoms with E-state index in [1.807, 2.05) is 42.5 Å². The molecule has 0 saturated carbocycles. The van der Waals surface area contributed by atoms with Crippen LogP contribution < -0.4 is 5.32 Å². The molecule has 2 aliphatic rings. The summed E-state index contributed by atoms with van der Waals surface area (Å²) >= 11 is 0. The fourth-order valence-electron chi connectivity index (χ4n) is 3.78. The van der Waals surface area contributed by atoms with Gasteiger partial charge in [-0.05, 0) is 28.3 Å². The van der Waals surface area contributed by atoms with Gasteiger partial charge in [0.25, 0.3) is 5.92 Å². The molecular weight excluding hydrogens is 376 g/mol. The summed E-state index contributed by atoms with van der Waals surface area (Å²) in [5, 5.41) is 2.27. The van der Waals surface area contributed by atoms with Crippen LogP contribution in [-0.4, -0.2) is 47.3 Å². The fourth-order valence-corrected chi connectivity index (χ4v) is 3.78. The Morgan fingerprint density at radius 1 is 0.897 bits per heavy atom. The van der Waals surface area contributed by atoms with E-state index in [0.29, 0.717) is 26.2 Å². The molecule has 2 aromatic carbocycles. The lowest BCUT2D eigenvalue weighted by molar-refractivity contribution is -0.118. The van der Waals surface area contributed by atoms with Gasteiger partial charge in [-0.25, -0.2) is 13.6 Å². The molecule has 4 rings (SSSR count). The van der Waals surface area contributed by atoms with Crippen molar-refractivity contribution in [3.05, 3.63) is 59.7 Å². The molecule has 0 radical (unpaired) electrons. The monoisotopic (exact) mass is 399 g/mol. The average Bonchev–Trinajstić information content (AvgIpc) is 3.01. The highest BCUT2D eigenvalue weighted by molar-refractivity contribution is 6.01. The molecule has 0 atom stereocenters. The van der Waals surface area contributed by atoms with Crippen LogP contribution in [0.25, 0.3) is 11.1 Å². The molecule has 0 spiro atoms. The average molecular weight is 399 g/mol. The van der Waals surface area contributed by atoms with Gasteiger partial charge in [0.15, 0.2) is 0 Å². The largest absolute Gasteiger partial charge is 0.324 e. The highest BCUT2D eigenvalue weighted by atomic mass is 19.3. The highest BCUT2D eigenvalue weighted by Gasteiger charge is 2.33. The van der Waals surface area contributed by atoms with Gasteiger partial charge in [0, 0.05) is 39.0 Å². The van der Waals surface area contributed by atoms with E-state index < -0.39 is 5.92 Å². The van der Waals surface area contributed by atoms with E-state index in [9.17, 15) is 18.4 Å². The molecule has 7 heteroatoms. The van der Waals surface area contributed by atoms with E-state index >= 15 is 0 Å². The predicted molar refractivity (Wildman–Crippen MR) is 105 cm³/mol. The third-order valence-corrected chi connectivity index (χ3v) is 5.45. The number of carbonyl (C=O) groups is 2. The lowest BCUT2D eigenvalue weighted by Crippen LogP contribution is -2.38. The molecule has 2 aromatic rings. The van der Waals surface area contributed by atoms with Gasteiger partial charge in [-0.15, -0.1) is 0 Å². The van der Waals surface area contributed by atoms with Gasteiger partial charge < -0.3 is 4.90 Å². The molecule has 5 nitrogen and oxygen atoms in total. The summed E-state index contributed by atoms with van der Waals surface area (Å²) in [7, 11) is 0. The topological polar surface area (TPSA) is 52.7 Å². The number of hydrogen-bond donors (Lipinski definition) is 1. The van der Waals surface area contributed by atoms with Crippen molar-refractivity contribution in [3.63, 3.8) is 0 Å². The number of nitrogens with zero attached hydrogens (tertiary/aromatic N) is 2. The summed E-state index contributed by atoms with van der Waals surface area (Å²) in [5.74, 6) is -2.80. The Balaban J connectivity index is 1.40. The van der Waals surface area contributed by atoms with Gasteiger partial charge >= 0.3 is 6.03 Å². The summed E-state index contributed by atoms with van der Waals surface area (Å²) in [5.41, 5.74) is 4.15. The van der Waals surface area contributed by atoms with Crippen molar-refractivity contribution < 1.29 is 18.4 Å². The molecule has 2 aliphatic heterocycles. The molecule has 2 heterocycles. The third-order valence-electron chi connectivity index (χ3n) is 5.45. The van der Waals surface area contributed by atoms with E-state index in [1.54, 1.807) is 0 Å². The van der Waals surface area contributed by atoms with Gasteiger partial charge in [-0.1, -0.05) is 42.5 Å². The second-order valence-electron chi connectivity index (χ2n) is 7.74. The Morgan fingerprint density at radius 3 is 2.28 bits per heavy atom. The van der Waals surface area contributed by atoms with Crippen molar-refractivity contribution in [2.24, 2.45) is 0 Å². The van der Waals surface area contributed by atoms with Gasteiger partial charge in [0.1, 0.15) is 6.54 Å². The number of piperidine rings is 1. The molecule has 0 aliphatic carbocycles. The number of likely N-dealkylation sites (tertiary alicyclic amines) is 1. The van der Waals surface area contributed by atoms with Gasteiger partial charge in [-0.3, -0.25) is 15.0 Å². The minimum atomic E-state index is -2.52. The first kappa shape index (κ1) is 19.5. The molecule has 152 valence electrons. The predicted octanol–water partition coefficient (Wildman–Crippen LogP) is 3.64. The zero-order valence-electron chi connectivity index (χ0n) is 16.0. The van der Waals surface area contributed by atoms with Crippen molar-refractivity contribution in [3.8, 4) is 11.1 Å². The van der Waals surface area contributed by atoms with Crippen LogP contribution in [0.2, 0.25) is 0 Å². The molecular formula is C22H23F2N3O2. The zero-order chi connectivity index (χ0) is 20.4. The first-order valence-corrected chi connectivity index (χ1v) is 9.75. The summed E-state index contributed by atoms with van der Waals surface area (Å²) in [6.07, 6.45) is -0.149. The molecule has 0 unspecified atom stereocenters. The van der Waals surface area contributed by atoms with Gasteiger partial charge in [-0.2, -0.15) is 0 Å². The zero-order valence-corrected chi connectivity index (χ0v) is 16.0. The number of imide groups is 1. The summed E-state index contributed by atoms with van der Waals surface area (Å²) < 4.78 is 26.7. The van der Waals surface area contributed by atoms with E-state index in [4.69, 9.17) is 0 Å². The van der Waals surface area contributed by atoms with Crippen molar-refractivity contribution in [1.82, 2.24) is 15.1 Å². The van der Waals surface area contributed by atoms with Gasteiger partial charge in [0.05, 0.1) is 0 Å². The first-order valence-electron chi connectivity index (χ1n) is 9.75. The number of alkyl halides is 2. The Bertz CT molecular complexity index is 905. The number of carbonyl (C=O) groups excluding carboxylic acids is 2. The number of halogens is 2. The van der Waals surface area contributed by atoms with Crippen molar-refractivity contribution in [2.75, 3.05) is 19.6 Å². The molecule has 0 aromatic heterocycles. The quantitative estimate of drug-likeness (QED) is 0.781. The van der Waals surface area contributed by atoms with Crippen molar-refractivity contribution in [1.29, 1.82) is 0 Å². The van der Waals surface area contributed by atoms with Crippen molar-refractivity contribution >= 4 is 11.9 Å². The van der Waals surface area contributed by atoms with Crippen LogP contribution in [0.1, 0.15) is 24.0 Å². The molecule has 3 amide bonds. The lowest BCUT2D eigenvalue weighted by Gasteiger charge is -2.31. The third kappa shape index (κ3) is 4.79. The SMILES string of the molecule is O=C1CN(Cc2ccc(-c3cccc(CN4CCC(F)(F)CC4)c3)cc2)C(=O)N1. The maximum atomic E-state index is 13.3.